The van der Waals surface area contributed by atoms with Crippen molar-refractivity contribution < 1.29 is 36.4 Å². The van der Waals surface area contributed by atoms with Gasteiger partial charge in [-0.2, -0.15) is 17.2 Å². The molecule has 0 amide bonds. The van der Waals surface area contributed by atoms with Crippen molar-refractivity contribution in [3.05, 3.63) is 42.0 Å². The molecule has 0 radical (unpaired) electrons. The quantitative estimate of drug-likeness (QED) is 0.657. The van der Waals surface area contributed by atoms with Crippen LogP contribution < -0.4 is 0 Å². The average Bonchev–Trinajstić information content (AvgIpc) is 2.43. The highest BCUT2D eigenvalue weighted by Crippen LogP contribution is 2.23. The Balaban J connectivity index is 2.18. The summed E-state index contributed by atoms with van der Waals surface area (Å²) in [5.41, 5.74) is -0.0793. The molecule has 0 bridgehead atoms. The number of phenolic OH excluding ortho intramolecular Hbond substituents is 1. The van der Waals surface area contributed by atoms with Crippen molar-refractivity contribution >= 4 is 26.9 Å². The largest absolute Gasteiger partial charge is 0.508 e. The number of halogens is 2. The Kier molecular flexibility index (Phi) is 4.03. The zero-order valence-electron chi connectivity index (χ0n) is 10.9. The number of esters is 1. The molecule has 0 aromatic heterocycles. The first kappa shape index (κ1) is 16.1. The zero-order chi connectivity index (χ0) is 16.5. The third-order valence-corrected chi connectivity index (χ3v) is 3.68. The first-order valence-corrected chi connectivity index (χ1v) is 7.29. The van der Waals surface area contributed by atoms with Crippen molar-refractivity contribution in [1.82, 2.24) is 0 Å². The van der Waals surface area contributed by atoms with Crippen LogP contribution in [0.4, 0.5) is 8.78 Å². The molecule has 0 heterocycles. The van der Waals surface area contributed by atoms with Gasteiger partial charge in [0.1, 0.15) is 5.75 Å². The highest BCUT2D eigenvalue weighted by atomic mass is 32.2. The number of rotatable bonds is 4. The monoisotopic (exact) mass is 332 g/mol. The van der Waals surface area contributed by atoms with Crippen LogP contribution in [-0.4, -0.2) is 35.9 Å². The molecule has 0 aliphatic heterocycles. The number of hydrogen-bond acceptors (Lipinski definition) is 5. The minimum absolute atomic E-state index is 0.0237. The fraction of sp³-hybridized carbons (Fsp3) is 0.154. The molecular weight excluding hydrogens is 322 g/mol. The third-order valence-electron chi connectivity index (χ3n) is 2.81. The maximum atomic E-state index is 13.0. The van der Waals surface area contributed by atoms with Gasteiger partial charge in [0.05, 0.1) is 5.56 Å². The molecular formula is C13H10F2O6S. The van der Waals surface area contributed by atoms with Crippen molar-refractivity contribution in [2.24, 2.45) is 0 Å². The molecule has 118 valence electrons. The molecule has 0 saturated heterocycles. The van der Waals surface area contributed by atoms with Gasteiger partial charge in [-0.05, 0) is 35.0 Å². The molecule has 0 unspecified atom stereocenters. The van der Waals surface area contributed by atoms with Crippen LogP contribution in [0.15, 0.2) is 36.4 Å². The summed E-state index contributed by atoms with van der Waals surface area (Å²) in [6, 6.07) is 8.40. The van der Waals surface area contributed by atoms with Crippen LogP contribution in [0.3, 0.4) is 0 Å². The van der Waals surface area contributed by atoms with Crippen molar-refractivity contribution in [1.29, 1.82) is 0 Å². The van der Waals surface area contributed by atoms with Crippen LogP contribution in [0.5, 0.6) is 5.75 Å². The number of hydrogen-bond donors (Lipinski definition) is 2. The lowest BCUT2D eigenvalue weighted by Gasteiger charge is -2.13. The summed E-state index contributed by atoms with van der Waals surface area (Å²) in [6.07, 6.45) is 0. The van der Waals surface area contributed by atoms with Crippen LogP contribution in [0.2, 0.25) is 0 Å². The number of carbonyl (C=O) groups excluding carboxylic acids is 1. The van der Waals surface area contributed by atoms with Gasteiger partial charge < -0.3 is 9.84 Å². The summed E-state index contributed by atoms with van der Waals surface area (Å²) in [5, 5.41) is 5.89. The van der Waals surface area contributed by atoms with Crippen LogP contribution in [0, 0.1) is 0 Å². The molecule has 6 nitrogen and oxygen atoms in total. The molecule has 2 aromatic rings. The summed E-state index contributed by atoms with van der Waals surface area (Å²) >= 11 is 0. The van der Waals surface area contributed by atoms with E-state index < -0.39 is 27.9 Å². The number of ether oxygens (including phenoxy) is 1. The number of alkyl halides is 2. The van der Waals surface area contributed by atoms with E-state index in [1.807, 2.05) is 0 Å². The number of phenols is 1. The van der Waals surface area contributed by atoms with E-state index in [1.165, 1.54) is 36.4 Å². The SMILES string of the molecule is O=C(OCC(F)(F)S(=O)(=O)O)c1ccc2cc(O)ccc2c1. The number of aromatic hydroxyl groups is 1. The topological polar surface area (TPSA) is 101 Å². The number of benzene rings is 2. The second kappa shape index (κ2) is 5.50. The predicted octanol–water partition coefficient (Wildman–Crippen LogP) is 2.18. The fourth-order valence-corrected chi connectivity index (χ4v) is 1.88. The first-order chi connectivity index (χ1) is 10.1. The second-order valence-corrected chi connectivity index (χ2v) is 5.98. The zero-order valence-corrected chi connectivity index (χ0v) is 11.7. The van der Waals surface area contributed by atoms with Crippen molar-refractivity contribution in [2.75, 3.05) is 6.61 Å². The smallest absolute Gasteiger partial charge is 0.402 e. The van der Waals surface area contributed by atoms with Gasteiger partial charge in [0.15, 0.2) is 6.61 Å². The highest BCUT2D eigenvalue weighted by molar-refractivity contribution is 7.86. The molecule has 0 aliphatic carbocycles. The molecule has 9 heteroatoms. The summed E-state index contributed by atoms with van der Waals surface area (Å²) in [5.74, 6) is -1.14. The van der Waals surface area contributed by atoms with E-state index in [9.17, 15) is 27.1 Å². The molecule has 0 fully saturated rings. The Hall–Kier alpha value is -2.26. The standard InChI is InChI=1S/C13H10F2O6S/c14-13(15,22(18,19)20)7-21-12(17)10-2-1-9-6-11(16)4-3-8(9)5-10/h1-6,16H,7H2,(H,18,19,20). The van der Waals surface area contributed by atoms with E-state index in [2.05, 4.69) is 4.74 Å². The van der Waals surface area contributed by atoms with E-state index in [0.29, 0.717) is 10.8 Å². The van der Waals surface area contributed by atoms with E-state index in [-0.39, 0.29) is 11.3 Å². The Labute approximate surface area is 123 Å². The minimum atomic E-state index is -5.66. The van der Waals surface area contributed by atoms with Crippen LogP contribution in [0.1, 0.15) is 10.4 Å². The van der Waals surface area contributed by atoms with E-state index in [4.69, 9.17) is 4.55 Å². The van der Waals surface area contributed by atoms with Gasteiger partial charge in [-0.3, -0.25) is 4.55 Å². The average molecular weight is 332 g/mol. The molecule has 0 saturated carbocycles. The molecule has 22 heavy (non-hydrogen) atoms. The fourth-order valence-electron chi connectivity index (χ4n) is 1.67. The minimum Gasteiger partial charge on any atom is -0.508 e. The van der Waals surface area contributed by atoms with Gasteiger partial charge in [-0.1, -0.05) is 12.1 Å². The van der Waals surface area contributed by atoms with Crippen molar-refractivity contribution in [3.8, 4) is 5.75 Å². The summed E-state index contributed by atoms with van der Waals surface area (Å²) in [4.78, 5) is 11.6. The Bertz CT molecular complexity index is 832. The highest BCUT2D eigenvalue weighted by Gasteiger charge is 2.45. The molecule has 2 aromatic carbocycles. The third kappa shape index (κ3) is 3.31. The molecule has 2 N–H and O–H groups in total. The molecule has 0 atom stereocenters. The maximum Gasteiger partial charge on any atom is 0.402 e. The molecule has 0 aliphatic rings. The Morgan fingerprint density at radius 3 is 2.36 bits per heavy atom. The maximum absolute atomic E-state index is 13.0. The van der Waals surface area contributed by atoms with Gasteiger partial charge in [-0.15, -0.1) is 0 Å². The van der Waals surface area contributed by atoms with Crippen LogP contribution in [0.25, 0.3) is 10.8 Å². The van der Waals surface area contributed by atoms with Crippen LogP contribution >= 0.6 is 0 Å². The number of carbonyl (C=O) groups is 1. The van der Waals surface area contributed by atoms with Gasteiger partial charge >= 0.3 is 21.3 Å². The first-order valence-electron chi connectivity index (χ1n) is 5.85. The van der Waals surface area contributed by atoms with Crippen molar-refractivity contribution in [2.45, 2.75) is 5.25 Å². The summed E-state index contributed by atoms with van der Waals surface area (Å²) in [7, 11) is -5.66. The molecule has 0 spiro atoms. The lowest BCUT2D eigenvalue weighted by atomic mass is 10.1. The second-order valence-electron chi connectivity index (χ2n) is 4.43. The molecule has 2 rings (SSSR count). The van der Waals surface area contributed by atoms with Gasteiger partial charge in [-0.25, -0.2) is 4.79 Å². The van der Waals surface area contributed by atoms with Gasteiger partial charge in [0, 0.05) is 0 Å². The van der Waals surface area contributed by atoms with E-state index in [0.717, 1.165) is 0 Å². The van der Waals surface area contributed by atoms with E-state index >= 15 is 0 Å². The Morgan fingerprint density at radius 1 is 1.14 bits per heavy atom. The lowest BCUT2D eigenvalue weighted by molar-refractivity contribution is -0.00949. The normalized spacial score (nSPS) is 12.3. The lowest BCUT2D eigenvalue weighted by Crippen LogP contribution is -2.34. The van der Waals surface area contributed by atoms with Crippen LogP contribution in [-0.2, 0) is 14.9 Å². The van der Waals surface area contributed by atoms with Gasteiger partial charge in [0.2, 0.25) is 0 Å². The van der Waals surface area contributed by atoms with Gasteiger partial charge in [0.25, 0.3) is 0 Å². The Morgan fingerprint density at radius 2 is 1.73 bits per heavy atom. The summed E-state index contributed by atoms with van der Waals surface area (Å²) < 4.78 is 59.2. The van der Waals surface area contributed by atoms with E-state index in [1.54, 1.807) is 0 Å². The summed E-state index contributed by atoms with van der Waals surface area (Å²) in [6.45, 7) is -1.79. The van der Waals surface area contributed by atoms with Crippen molar-refractivity contribution in [3.63, 3.8) is 0 Å². The number of fused-ring (bicyclic) bond motifs is 1. The predicted molar refractivity (Wildman–Crippen MR) is 72.4 cm³/mol.